The normalized spacial score (nSPS) is 13.9. The van der Waals surface area contributed by atoms with Crippen LogP contribution in [0.5, 0.6) is 0 Å². The van der Waals surface area contributed by atoms with Crippen molar-refractivity contribution in [3.05, 3.63) is 41.1 Å². The second-order valence-corrected chi connectivity index (χ2v) is 6.49. The van der Waals surface area contributed by atoms with E-state index in [2.05, 4.69) is 35.5 Å². The number of rotatable bonds is 6. The Kier molecular flexibility index (Phi) is 5.38. The van der Waals surface area contributed by atoms with Gasteiger partial charge in [0.2, 0.25) is 0 Å². The first-order valence-corrected chi connectivity index (χ1v) is 8.00. The number of carbonyl (C=O) groups is 1. The highest BCUT2D eigenvalue weighted by molar-refractivity contribution is 7.10. The highest BCUT2D eigenvalue weighted by Gasteiger charge is 2.19. The SMILES string of the molecule is CC(C)[C@@H](NC(=O)N[C@@H](C)Cn1ccnc1)c1cccs1. The number of imidazole rings is 1. The van der Waals surface area contributed by atoms with Crippen LogP contribution >= 0.6 is 11.3 Å². The van der Waals surface area contributed by atoms with Gasteiger partial charge in [0.15, 0.2) is 0 Å². The quantitative estimate of drug-likeness (QED) is 0.862. The van der Waals surface area contributed by atoms with E-state index >= 15 is 0 Å². The number of amides is 2. The van der Waals surface area contributed by atoms with E-state index in [0.29, 0.717) is 12.5 Å². The highest BCUT2D eigenvalue weighted by atomic mass is 32.1. The molecule has 2 amide bonds. The lowest BCUT2D eigenvalue weighted by molar-refractivity contribution is 0.229. The van der Waals surface area contributed by atoms with Crippen LogP contribution < -0.4 is 10.6 Å². The molecule has 0 fully saturated rings. The molecule has 0 aliphatic rings. The van der Waals surface area contributed by atoms with Gasteiger partial charge in [-0.15, -0.1) is 11.3 Å². The molecular formula is C15H22N4OS. The number of nitrogens with zero attached hydrogens (tertiary/aromatic N) is 2. The van der Waals surface area contributed by atoms with Gasteiger partial charge in [0.1, 0.15) is 0 Å². The molecule has 2 aromatic heterocycles. The van der Waals surface area contributed by atoms with Crippen LogP contribution in [0, 0.1) is 5.92 Å². The van der Waals surface area contributed by atoms with Crippen LogP contribution in [-0.2, 0) is 6.54 Å². The van der Waals surface area contributed by atoms with E-state index in [0.717, 1.165) is 0 Å². The number of hydrogen-bond donors (Lipinski definition) is 2. The summed E-state index contributed by atoms with van der Waals surface area (Å²) < 4.78 is 1.95. The lowest BCUT2D eigenvalue weighted by atomic mass is 10.0. The maximum Gasteiger partial charge on any atom is 0.315 e. The molecule has 21 heavy (non-hydrogen) atoms. The molecule has 0 radical (unpaired) electrons. The summed E-state index contributed by atoms with van der Waals surface area (Å²) in [5, 5.41) is 8.07. The Labute approximate surface area is 129 Å². The Bertz CT molecular complexity index is 536. The summed E-state index contributed by atoms with van der Waals surface area (Å²) in [5.74, 6) is 0.346. The summed E-state index contributed by atoms with van der Waals surface area (Å²) >= 11 is 1.67. The molecular weight excluding hydrogens is 284 g/mol. The largest absolute Gasteiger partial charge is 0.335 e. The molecule has 0 spiro atoms. The molecule has 0 bridgehead atoms. The zero-order valence-electron chi connectivity index (χ0n) is 12.6. The zero-order valence-corrected chi connectivity index (χ0v) is 13.4. The van der Waals surface area contributed by atoms with Crippen molar-refractivity contribution >= 4 is 17.4 Å². The third-order valence-electron chi connectivity index (χ3n) is 3.22. The Hall–Kier alpha value is -1.82. The first-order valence-electron chi connectivity index (χ1n) is 7.12. The Morgan fingerprint density at radius 2 is 2.19 bits per heavy atom. The van der Waals surface area contributed by atoms with Gasteiger partial charge in [-0.3, -0.25) is 0 Å². The summed E-state index contributed by atoms with van der Waals surface area (Å²) in [7, 11) is 0. The van der Waals surface area contributed by atoms with Crippen molar-refractivity contribution in [3.8, 4) is 0 Å². The van der Waals surface area contributed by atoms with Gasteiger partial charge < -0.3 is 15.2 Å². The average molecular weight is 306 g/mol. The van der Waals surface area contributed by atoms with Gasteiger partial charge in [-0.25, -0.2) is 9.78 Å². The Balaban J connectivity index is 1.87. The van der Waals surface area contributed by atoms with E-state index in [9.17, 15) is 4.79 Å². The number of nitrogens with one attached hydrogen (secondary N) is 2. The average Bonchev–Trinajstić information content (AvgIpc) is 3.07. The minimum Gasteiger partial charge on any atom is -0.335 e. The van der Waals surface area contributed by atoms with Crippen molar-refractivity contribution in [1.82, 2.24) is 20.2 Å². The van der Waals surface area contributed by atoms with Crippen LogP contribution in [0.4, 0.5) is 4.79 Å². The van der Waals surface area contributed by atoms with E-state index in [1.807, 2.05) is 29.1 Å². The molecule has 0 saturated carbocycles. The van der Waals surface area contributed by atoms with E-state index in [1.54, 1.807) is 23.9 Å². The number of hydrogen-bond acceptors (Lipinski definition) is 3. The molecule has 2 atom stereocenters. The summed E-state index contributed by atoms with van der Waals surface area (Å²) in [6, 6.07) is 4.02. The topological polar surface area (TPSA) is 59.0 Å². The van der Waals surface area contributed by atoms with Gasteiger partial charge in [-0.1, -0.05) is 19.9 Å². The first-order chi connectivity index (χ1) is 10.1. The third kappa shape index (κ3) is 4.60. The Morgan fingerprint density at radius 1 is 1.38 bits per heavy atom. The fraction of sp³-hybridized carbons (Fsp3) is 0.467. The van der Waals surface area contributed by atoms with Crippen LogP contribution in [0.3, 0.4) is 0 Å². The molecule has 0 aliphatic carbocycles. The van der Waals surface area contributed by atoms with Gasteiger partial charge in [-0.05, 0) is 24.3 Å². The number of carbonyl (C=O) groups excluding carboxylic acids is 1. The van der Waals surface area contributed by atoms with E-state index < -0.39 is 0 Å². The van der Waals surface area contributed by atoms with Crippen LogP contribution in [0.2, 0.25) is 0 Å². The number of urea groups is 1. The predicted octanol–water partition coefficient (Wildman–Crippen LogP) is 3.03. The predicted molar refractivity (Wildman–Crippen MR) is 85.3 cm³/mol. The zero-order chi connectivity index (χ0) is 15.2. The highest BCUT2D eigenvalue weighted by Crippen LogP contribution is 2.25. The van der Waals surface area contributed by atoms with Crippen molar-refractivity contribution in [2.45, 2.75) is 39.4 Å². The van der Waals surface area contributed by atoms with Gasteiger partial charge in [0.05, 0.1) is 12.4 Å². The van der Waals surface area contributed by atoms with Gasteiger partial charge >= 0.3 is 6.03 Å². The molecule has 6 heteroatoms. The summed E-state index contributed by atoms with van der Waals surface area (Å²) in [6.07, 6.45) is 5.37. The van der Waals surface area contributed by atoms with Crippen LogP contribution in [0.1, 0.15) is 31.7 Å². The Morgan fingerprint density at radius 3 is 2.76 bits per heavy atom. The van der Waals surface area contributed by atoms with Gasteiger partial charge in [-0.2, -0.15) is 0 Å². The maximum absolute atomic E-state index is 12.1. The first kappa shape index (κ1) is 15.6. The van der Waals surface area contributed by atoms with E-state index in [4.69, 9.17) is 0 Å². The van der Waals surface area contributed by atoms with Crippen molar-refractivity contribution in [2.24, 2.45) is 5.92 Å². The molecule has 5 nitrogen and oxygen atoms in total. The lowest BCUT2D eigenvalue weighted by Crippen LogP contribution is -2.44. The monoisotopic (exact) mass is 306 g/mol. The minimum absolute atomic E-state index is 0.0374. The third-order valence-corrected chi connectivity index (χ3v) is 4.18. The van der Waals surface area contributed by atoms with E-state index in [1.165, 1.54) is 4.88 Å². The molecule has 0 aliphatic heterocycles. The maximum atomic E-state index is 12.1. The standard InChI is InChI=1S/C15H22N4OS/c1-11(2)14(13-5-4-8-21-13)18-15(20)17-12(3)9-19-7-6-16-10-19/h4-8,10-12,14H,9H2,1-3H3,(H2,17,18,20)/t12-,14+/m0/s1. The van der Waals surface area contributed by atoms with Gasteiger partial charge in [0, 0.05) is 29.9 Å². The molecule has 0 unspecified atom stereocenters. The van der Waals surface area contributed by atoms with Crippen LogP contribution in [-0.4, -0.2) is 21.6 Å². The van der Waals surface area contributed by atoms with Crippen LogP contribution in [0.15, 0.2) is 36.2 Å². The minimum atomic E-state index is -0.130. The molecule has 114 valence electrons. The molecule has 2 N–H and O–H groups in total. The molecule has 0 aromatic carbocycles. The summed E-state index contributed by atoms with van der Waals surface area (Å²) in [6.45, 7) is 6.91. The second kappa shape index (κ2) is 7.26. The van der Waals surface area contributed by atoms with Crippen molar-refractivity contribution in [3.63, 3.8) is 0 Å². The van der Waals surface area contributed by atoms with Crippen molar-refractivity contribution in [1.29, 1.82) is 0 Å². The molecule has 2 heterocycles. The van der Waals surface area contributed by atoms with Gasteiger partial charge in [0.25, 0.3) is 0 Å². The molecule has 2 rings (SSSR count). The number of aromatic nitrogens is 2. The van der Waals surface area contributed by atoms with Crippen LogP contribution in [0.25, 0.3) is 0 Å². The summed E-state index contributed by atoms with van der Waals surface area (Å²) in [4.78, 5) is 17.3. The lowest BCUT2D eigenvalue weighted by Gasteiger charge is -2.23. The molecule has 0 saturated heterocycles. The fourth-order valence-corrected chi connectivity index (χ4v) is 3.15. The van der Waals surface area contributed by atoms with E-state index in [-0.39, 0.29) is 18.1 Å². The van der Waals surface area contributed by atoms with Crippen molar-refractivity contribution in [2.75, 3.05) is 0 Å². The summed E-state index contributed by atoms with van der Waals surface area (Å²) in [5.41, 5.74) is 0. The van der Waals surface area contributed by atoms with Crippen molar-refractivity contribution < 1.29 is 4.79 Å². The number of thiophene rings is 1. The molecule has 2 aromatic rings. The smallest absolute Gasteiger partial charge is 0.315 e. The fourth-order valence-electron chi connectivity index (χ4n) is 2.20. The second-order valence-electron chi connectivity index (χ2n) is 5.52.